The number of ether oxygens (including phenoxy) is 2. The molecule has 12 heavy (non-hydrogen) atoms. The number of hydrogen-bond acceptors (Lipinski definition) is 2. The highest BCUT2D eigenvalue weighted by atomic mass is 16.7. The van der Waals surface area contributed by atoms with Crippen molar-refractivity contribution in [2.45, 2.75) is 51.4 Å². The summed E-state index contributed by atoms with van der Waals surface area (Å²) < 4.78 is 11.3. The summed E-state index contributed by atoms with van der Waals surface area (Å²) in [6.45, 7) is 2.81. The molecule has 2 fully saturated rings. The molecule has 2 nitrogen and oxygen atoms in total. The van der Waals surface area contributed by atoms with E-state index in [4.69, 9.17) is 9.47 Å². The zero-order valence-electron chi connectivity index (χ0n) is 7.79. The maximum absolute atomic E-state index is 5.78. The van der Waals surface area contributed by atoms with Crippen LogP contribution in [0.4, 0.5) is 0 Å². The van der Waals surface area contributed by atoms with Gasteiger partial charge in [-0.05, 0) is 25.7 Å². The van der Waals surface area contributed by atoms with Gasteiger partial charge in [-0.2, -0.15) is 0 Å². The fraction of sp³-hybridized carbons (Fsp3) is 1.00. The topological polar surface area (TPSA) is 18.5 Å². The van der Waals surface area contributed by atoms with Crippen LogP contribution in [0.1, 0.15) is 39.0 Å². The summed E-state index contributed by atoms with van der Waals surface area (Å²) in [4.78, 5) is 0. The number of hydrogen-bond donors (Lipinski definition) is 0. The average molecular weight is 170 g/mol. The molecule has 0 aromatic heterocycles. The fourth-order valence-corrected chi connectivity index (χ4v) is 2.41. The second kappa shape index (κ2) is 3.75. The molecule has 1 aliphatic heterocycles. The molecule has 1 saturated heterocycles. The second-order valence-corrected chi connectivity index (χ2v) is 3.84. The molecular formula is C10H18O2. The van der Waals surface area contributed by atoms with Crippen LogP contribution in [0.2, 0.25) is 0 Å². The predicted molar refractivity (Wildman–Crippen MR) is 46.9 cm³/mol. The third-order valence-corrected chi connectivity index (χ3v) is 3.01. The van der Waals surface area contributed by atoms with Gasteiger partial charge in [0, 0.05) is 13.0 Å². The Labute approximate surface area is 74.2 Å². The van der Waals surface area contributed by atoms with Gasteiger partial charge in [-0.1, -0.05) is 12.8 Å². The van der Waals surface area contributed by atoms with E-state index in [0.29, 0.717) is 6.10 Å². The highest BCUT2D eigenvalue weighted by Crippen LogP contribution is 2.37. The van der Waals surface area contributed by atoms with E-state index < -0.39 is 0 Å². The minimum atomic E-state index is 0.114. The van der Waals surface area contributed by atoms with Crippen molar-refractivity contribution in [3.63, 3.8) is 0 Å². The smallest absolute Gasteiger partial charge is 0.158 e. The predicted octanol–water partition coefficient (Wildman–Crippen LogP) is 2.33. The van der Waals surface area contributed by atoms with Crippen LogP contribution in [0.3, 0.4) is 0 Å². The molecule has 0 radical (unpaired) electrons. The van der Waals surface area contributed by atoms with Crippen molar-refractivity contribution >= 4 is 0 Å². The summed E-state index contributed by atoms with van der Waals surface area (Å²) in [5.74, 6) is 0.801. The molecule has 0 aromatic rings. The molecule has 1 saturated carbocycles. The van der Waals surface area contributed by atoms with Crippen molar-refractivity contribution in [2.75, 3.05) is 6.61 Å². The standard InChI is InChI=1S/C10H18O2/c1-2-11-10-7-8-5-3-4-6-9(8)12-10/h8-10H,2-7H2,1H3/t8-,9-,10?/m1/s1. The first-order valence-corrected chi connectivity index (χ1v) is 5.17. The van der Waals surface area contributed by atoms with Gasteiger partial charge in [0.05, 0.1) is 6.10 Å². The molecule has 2 heteroatoms. The molecule has 1 unspecified atom stereocenters. The van der Waals surface area contributed by atoms with E-state index in [9.17, 15) is 0 Å². The van der Waals surface area contributed by atoms with Crippen molar-refractivity contribution in [2.24, 2.45) is 5.92 Å². The molecule has 0 aromatic carbocycles. The first kappa shape index (κ1) is 8.52. The lowest BCUT2D eigenvalue weighted by Gasteiger charge is -2.22. The van der Waals surface area contributed by atoms with Crippen LogP contribution in [0, 0.1) is 5.92 Å². The Balaban J connectivity index is 1.85. The zero-order chi connectivity index (χ0) is 8.39. The first-order valence-electron chi connectivity index (χ1n) is 5.17. The fourth-order valence-electron chi connectivity index (χ4n) is 2.41. The average Bonchev–Trinajstić information content (AvgIpc) is 2.47. The molecule has 2 rings (SSSR count). The lowest BCUT2D eigenvalue weighted by atomic mass is 9.86. The first-order chi connectivity index (χ1) is 5.90. The summed E-state index contributed by atoms with van der Waals surface area (Å²) in [5, 5.41) is 0. The zero-order valence-corrected chi connectivity index (χ0v) is 7.79. The third-order valence-electron chi connectivity index (χ3n) is 3.01. The third kappa shape index (κ3) is 1.64. The highest BCUT2D eigenvalue weighted by molar-refractivity contribution is 4.82. The minimum absolute atomic E-state index is 0.114. The SMILES string of the molecule is CCOC1C[C@H]2CCCC[C@H]2O1. The summed E-state index contributed by atoms with van der Waals surface area (Å²) in [5.41, 5.74) is 0. The van der Waals surface area contributed by atoms with Crippen LogP contribution in [0.5, 0.6) is 0 Å². The molecule has 1 heterocycles. The van der Waals surface area contributed by atoms with E-state index >= 15 is 0 Å². The molecule has 2 aliphatic rings. The normalized spacial score (nSPS) is 41.2. The van der Waals surface area contributed by atoms with Crippen molar-refractivity contribution < 1.29 is 9.47 Å². The van der Waals surface area contributed by atoms with Gasteiger partial charge in [0.1, 0.15) is 0 Å². The van der Waals surface area contributed by atoms with Crippen molar-refractivity contribution in [1.82, 2.24) is 0 Å². The molecular weight excluding hydrogens is 152 g/mol. The van der Waals surface area contributed by atoms with Gasteiger partial charge in [0.25, 0.3) is 0 Å². The lowest BCUT2D eigenvalue weighted by Crippen LogP contribution is -2.20. The van der Waals surface area contributed by atoms with Gasteiger partial charge < -0.3 is 9.47 Å². The van der Waals surface area contributed by atoms with E-state index in [1.54, 1.807) is 0 Å². The molecule has 1 aliphatic carbocycles. The second-order valence-electron chi connectivity index (χ2n) is 3.84. The molecule has 0 amide bonds. The van der Waals surface area contributed by atoms with Crippen LogP contribution in [-0.4, -0.2) is 19.0 Å². The van der Waals surface area contributed by atoms with E-state index in [-0.39, 0.29) is 6.29 Å². The Morgan fingerprint density at radius 3 is 2.92 bits per heavy atom. The molecule has 0 bridgehead atoms. The van der Waals surface area contributed by atoms with Gasteiger partial charge >= 0.3 is 0 Å². The van der Waals surface area contributed by atoms with Crippen molar-refractivity contribution in [3.05, 3.63) is 0 Å². The lowest BCUT2D eigenvalue weighted by molar-refractivity contribution is -0.133. The van der Waals surface area contributed by atoms with Crippen LogP contribution in [0.15, 0.2) is 0 Å². The Morgan fingerprint density at radius 1 is 1.33 bits per heavy atom. The number of fused-ring (bicyclic) bond motifs is 1. The summed E-state index contributed by atoms with van der Waals surface area (Å²) >= 11 is 0. The van der Waals surface area contributed by atoms with Gasteiger partial charge in [-0.15, -0.1) is 0 Å². The van der Waals surface area contributed by atoms with Crippen LogP contribution >= 0.6 is 0 Å². The van der Waals surface area contributed by atoms with Crippen LogP contribution in [-0.2, 0) is 9.47 Å². The summed E-state index contributed by atoms with van der Waals surface area (Å²) in [6, 6.07) is 0. The highest BCUT2D eigenvalue weighted by Gasteiger charge is 2.36. The minimum Gasteiger partial charge on any atom is -0.353 e. The maximum Gasteiger partial charge on any atom is 0.158 e. The molecule has 0 spiro atoms. The molecule has 0 N–H and O–H groups in total. The van der Waals surface area contributed by atoms with Crippen LogP contribution < -0.4 is 0 Å². The van der Waals surface area contributed by atoms with Crippen LogP contribution in [0.25, 0.3) is 0 Å². The van der Waals surface area contributed by atoms with Gasteiger partial charge in [0.15, 0.2) is 6.29 Å². The Morgan fingerprint density at radius 2 is 2.17 bits per heavy atom. The quantitative estimate of drug-likeness (QED) is 0.633. The Kier molecular flexibility index (Phi) is 2.66. The molecule has 70 valence electrons. The van der Waals surface area contributed by atoms with E-state index in [1.807, 2.05) is 6.92 Å². The van der Waals surface area contributed by atoms with Gasteiger partial charge in [-0.25, -0.2) is 0 Å². The summed E-state index contributed by atoms with van der Waals surface area (Å²) in [7, 11) is 0. The van der Waals surface area contributed by atoms with E-state index in [2.05, 4.69) is 0 Å². The summed E-state index contributed by atoms with van der Waals surface area (Å²) in [6.07, 6.45) is 7.13. The Bertz CT molecular complexity index is 133. The van der Waals surface area contributed by atoms with Crippen molar-refractivity contribution in [3.8, 4) is 0 Å². The Hall–Kier alpha value is -0.0800. The van der Waals surface area contributed by atoms with Gasteiger partial charge in [-0.3, -0.25) is 0 Å². The van der Waals surface area contributed by atoms with Gasteiger partial charge in [0.2, 0.25) is 0 Å². The largest absolute Gasteiger partial charge is 0.353 e. The van der Waals surface area contributed by atoms with E-state index in [0.717, 1.165) is 18.9 Å². The monoisotopic (exact) mass is 170 g/mol. The van der Waals surface area contributed by atoms with E-state index in [1.165, 1.54) is 25.7 Å². The number of rotatable bonds is 2. The van der Waals surface area contributed by atoms with Crippen molar-refractivity contribution in [1.29, 1.82) is 0 Å². The molecule has 3 atom stereocenters. The maximum atomic E-state index is 5.78.